The molecule has 2 aliphatic carbocycles. The molecule has 1 aromatic heterocycles. The smallest absolute Gasteiger partial charge is 0.136 e. The molecule has 0 saturated heterocycles. The van der Waals surface area contributed by atoms with Crippen LogP contribution in [0.3, 0.4) is 0 Å². The van der Waals surface area contributed by atoms with Gasteiger partial charge in [0.2, 0.25) is 0 Å². The summed E-state index contributed by atoms with van der Waals surface area (Å²) < 4.78 is 0. The molecular formula is C16H26N4. The van der Waals surface area contributed by atoms with Gasteiger partial charge in [-0.2, -0.15) is 0 Å². The van der Waals surface area contributed by atoms with Crippen LogP contribution in [0.2, 0.25) is 0 Å². The van der Waals surface area contributed by atoms with Crippen molar-refractivity contribution in [3.63, 3.8) is 0 Å². The van der Waals surface area contributed by atoms with Crippen LogP contribution in [0.5, 0.6) is 0 Å². The number of nitrogens with one attached hydrogen (secondary N) is 2. The van der Waals surface area contributed by atoms with Gasteiger partial charge in [-0.05, 0) is 44.4 Å². The number of aromatic nitrogens is 2. The molecule has 2 fully saturated rings. The van der Waals surface area contributed by atoms with Crippen molar-refractivity contribution in [1.29, 1.82) is 0 Å². The summed E-state index contributed by atoms with van der Waals surface area (Å²) in [6.07, 6.45) is 9.08. The molecule has 4 nitrogen and oxygen atoms in total. The van der Waals surface area contributed by atoms with E-state index in [4.69, 9.17) is 4.98 Å². The minimum atomic E-state index is 0.587. The minimum Gasteiger partial charge on any atom is -0.373 e. The van der Waals surface area contributed by atoms with Gasteiger partial charge in [-0.25, -0.2) is 9.97 Å². The van der Waals surface area contributed by atoms with Crippen molar-refractivity contribution in [2.75, 3.05) is 17.7 Å². The van der Waals surface area contributed by atoms with Gasteiger partial charge in [0.05, 0.1) is 0 Å². The second kappa shape index (κ2) is 5.98. The van der Waals surface area contributed by atoms with E-state index in [0.29, 0.717) is 12.0 Å². The summed E-state index contributed by atoms with van der Waals surface area (Å²) in [5.41, 5.74) is 0. The average Bonchev–Trinajstić information content (AvgIpc) is 3.32. The van der Waals surface area contributed by atoms with Gasteiger partial charge in [-0.3, -0.25) is 0 Å². The molecular weight excluding hydrogens is 248 g/mol. The number of hydrogen-bond donors (Lipinski definition) is 2. The average molecular weight is 274 g/mol. The van der Waals surface area contributed by atoms with Crippen molar-refractivity contribution in [2.45, 2.75) is 63.8 Å². The standard InChI is InChI=1S/C16H26N4/c1-3-11-4-8-13(9-5-11)18-15-10-14(17-2)19-16(20-15)12-6-7-12/h10-13H,3-9H2,1-2H3,(H2,17,18,19,20). The molecule has 0 bridgehead atoms. The van der Waals surface area contributed by atoms with Gasteiger partial charge in [0, 0.05) is 25.1 Å². The number of anilines is 2. The van der Waals surface area contributed by atoms with E-state index < -0.39 is 0 Å². The number of nitrogens with zero attached hydrogens (tertiary/aromatic N) is 2. The van der Waals surface area contributed by atoms with Crippen molar-refractivity contribution in [1.82, 2.24) is 9.97 Å². The zero-order chi connectivity index (χ0) is 13.9. The zero-order valence-electron chi connectivity index (χ0n) is 12.7. The van der Waals surface area contributed by atoms with E-state index >= 15 is 0 Å². The highest BCUT2D eigenvalue weighted by Gasteiger charge is 2.28. The van der Waals surface area contributed by atoms with Crippen molar-refractivity contribution >= 4 is 11.6 Å². The van der Waals surface area contributed by atoms with E-state index in [1.807, 2.05) is 13.1 Å². The molecule has 0 aliphatic heterocycles. The van der Waals surface area contributed by atoms with Crippen molar-refractivity contribution in [3.05, 3.63) is 11.9 Å². The van der Waals surface area contributed by atoms with Gasteiger partial charge in [0.1, 0.15) is 17.5 Å². The molecule has 2 aliphatic rings. The lowest BCUT2D eigenvalue weighted by Crippen LogP contribution is -2.26. The molecule has 4 heteroatoms. The first-order valence-electron chi connectivity index (χ1n) is 8.11. The molecule has 1 aromatic rings. The number of rotatable bonds is 5. The first-order chi connectivity index (χ1) is 9.78. The lowest BCUT2D eigenvalue weighted by molar-refractivity contribution is 0.330. The molecule has 3 rings (SSSR count). The first-order valence-corrected chi connectivity index (χ1v) is 8.11. The van der Waals surface area contributed by atoms with E-state index in [1.165, 1.54) is 44.9 Å². The Hall–Kier alpha value is -1.32. The molecule has 110 valence electrons. The number of hydrogen-bond acceptors (Lipinski definition) is 4. The van der Waals surface area contributed by atoms with Gasteiger partial charge in [0.25, 0.3) is 0 Å². The molecule has 20 heavy (non-hydrogen) atoms. The Kier molecular flexibility index (Phi) is 4.08. The third-order valence-corrected chi connectivity index (χ3v) is 4.72. The summed E-state index contributed by atoms with van der Waals surface area (Å²) in [6.45, 7) is 2.31. The Morgan fingerprint density at radius 2 is 1.75 bits per heavy atom. The monoisotopic (exact) mass is 274 g/mol. The Morgan fingerprint density at radius 3 is 2.35 bits per heavy atom. The van der Waals surface area contributed by atoms with Crippen LogP contribution in [0.25, 0.3) is 0 Å². The lowest BCUT2D eigenvalue weighted by atomic mass is 9.84. The summed E-state index contributed by atoms with van der Waals surface area (Å²) in [4.78, 5) is 9.28. The topological polar surface area (TPSA) is 49.8 Å². The fourth-order valence-electron chi connectivity index (χ4n) is 3.12. The van der Waals surface area contributed by atoms with Crippen LogP contribution < -0.4 is 10.6 Å². The Bertz CT molecular complexity index is 448. The summed E-state index contributed by atoms with van der Waals surface area (Å²) in [5.74, 6) is 4.49. The van der Waals surface area contributed by atoms with Gasteiger partial charge >= 0.3 is 0 Å². The first kappa shape index (κ1) is 13.7. The SMILES string of the molecule is CCC1CCC(Nc2cc(NC)nc(C3CC3)n2)CC1. The molecule has 0 aromatic carbocycles. The molecule has 0 atom stereocenters. The highest BCUT2D eigenvalue weighted by molar-refractivity contribution is 5.48. The largest absolute Gasteiger partial charge is 0.373 e. The van der Waals surface area contributed by atoms with Gasteiger partial charge in [-0.15, -0.1) is 0 Å². The van der Waals surface area contributed by atoms with E-state index in [9.17, 15) is 0 Å². The summed E-state index contributed by atoms with van der Waals surface area (Å²) >= 11 is 0. The van der Waals surface area contributed by atoms with E-state index in [2.05, 4.69) is 22.5 Å². The van der Waals surface area contributed by atoms with Crippen LogP contribution in [0, 0.1) is 5.92 Å². The third kappa shape index (κ3) is 3.22. The molecule has 0 spiro atoms. The summed E-state index contributed by atoms with van der Waals surface area (Å²) in [5, 5.41) is 6.78. The van der Waals surface area contributed by atoms with Crippen LogP contribution in [0.15, 0.2) is 6.07 Å². The quantitative estimate of drug-likeness (QED) is 0.858. The molecule has 0 radical (unpaired) electrons. The van der Waals surface area contributed by atoms with Crippen LogP contribution >= 0.6 is 0 Å². The van der Waals surface area contributed by atoms with E-state index in [-0.39, 0.29) is 0 Å². The Morgan fingerprint density at radius 1 is 1.05 bits per heavy atom. The summed E-state index contributed by atoms with van der Waals surface area (Å²) in [7, 11) is 1.93. The second-order valence-corrected chi connectivity index (χ2v) is 6.29. The maximum atomic E-state index is 4.71. The summed E-state index contributed by atoms with van der Waals surface area (Å²) in [6, 6.07) is 2.63. The molecule has 2 N–H and O–H groups in total. The van der Waals surface area contributed by atoms with Crippen molar-refractivity contribution in [2.24, 2.45) is 5.92 Å². The van der Waals surface area contributed by atoms with Crippen LogP contribution in [0.1, 0.15) is 63.6 Å². The van der Waals surface area contributed by atoms with E-state index in [0.717, 1.165) is 23.4 Å². The fraction of sp³-hybridized carbons (Fsp3) is 0.750. The Balaban J connectivity index is 1.66. The lowest BCUT2D eigenvalue weighted by Gasteiger charge is -2.28. The van der Waals surface area contributed by atoms with Crippen molar-refractivity contribution < 1.29 is 0 Å². The molecule has 0 unspecified atom stereocenters. The highest BCUT2D eigenvalue weighted by Crippen LogP contribution is 2.39. The van der Waals surface area contributed by atoms with Crippen LogP contribution in [-0.2, 0) is 0 Å². The molecule has 1 heterocycles. The van der Waals surface area contributed by atoms with Crippen LogP contribution in [-0.4, -0.2) is 23.1 Å². The zero-order valence-corrected chi connectivity index (χ0v) is 12.7. The predicted octanol–water partition coefficient (Wildman–Crippen LogP) is 3.78. The normalized spacial score (nSPS) is 26.3. The maximum Gasteiger partial charge on any atom is 0.136 e. The third-order valence-electron chi connectivity index (χ3n) is 4.72. The minimum absolute atomic E-state index is 0.587. The fourth-order valence-corrected chi connectivity index (χ4v) is 3.12. The highest BCUT2D eigenvalue weighted by atomic mass is 15.1. The maximum absolute atomic E-state index is 4.71. The molecule has 0 amide bonds. The van der Waals surface area contributed by atoms with Crippen molar-refractivity contribution in [3.8, 4) is 0 Å². The second-order valence-electron chi connectivity index (χ2n) is 6.29. The van der Waals surface area contributed by atoms with Gasteiger partial charge < -0.3 is 10.6 Å². The molecule has 2 saturated carbocycles. The van der Waals surface area contributed by atoms with Crippen LogP contribution in [0.4, 0.5) is 11.6 Å². The predicted molar refractivity (Wildman–Crippen MR) is 83.2 cm³/mol. The van der Waals surface area contributed by atoms with Gasteiger partial charge in [0.15, 0.2) is 0 Å². The van der Waals surface area contributed by atoms with E-state index in [1.54, 1.807) is 0 Å². The Labute approximate surface area is 121 Å². The van der Waals surface area contributed by atoms with Gasteiger partial charge in [-0.1, -0.05) is 13.3 Å².